The third-order valence-corrected chi connectivity index (χ3v) is 6.01. The van der Waals surface area contributed by atoms with E-state index in [4.69, 9.17) is 5.26 Å². The van der Waals surface area contributed by atoms with Crippen LogP contribution in [0.5, 0.6) is 0 Å². The van der Waals surface area contributed by atoms with Crippen LogP contribution in [-0.2, 0) is 9.84 Å². The number of nitriles is 1. The molecule has 0 N–H and O–H groups in total. The van der Waals surface area contributed by atoms with Gasteiger partial charge in [-0.05, 0) is 49.4 Å². The van der Waals surface area contributed by atoms with E-state index in [2.05, 4.69) is 6.07 Å². The van der Waals surface area contributed by atoms with Crippen molar-refractivity contribution in [3.05, 3.63) is 30.1 Å². The van der Waals surface area contributed by atoms with Gasteiger partial charge in [-0.3, -0.25) is 0 Å². The van der Waals surface area contributed by atoms with Crippen molar-refractivity contribution in [3.8, 4) is 6.07 Å². The van der Waals surface area contributed by atoms with Crippen LogP contribution in [0.3, 0.4) is 0 Å². The highest BCUT2D eigenvalue weighted by molar-refractivity contribution is 7.92. The van der Waals surface area contributed by atoms with Gasteiger partial charge in [-0.2, -0.15) is 5.26 Å². The van der Waals surface area contributed by atoms with Gasteiger partial charge in [0.1, 0.15) is 5.82 Å². The van der Waals surface area contributed by atoms with E-state index in [1.807, 2.05) is 6.92 Å². The van der Waals surface area contributed by atoms with E-state index in [0.29, 0.717) is 18.8 Å². The number of nitrogens with zero attached hydrogens (tertiary/aromatic N) is 1. The Kier molecular flexibility index (Phi) is 3.91. The van der Waals surface area contributed by atoms with Gasteiger partial charge in [0.25, 0.3) is 0 Å². The van der Waals surface area contributed by atoms with Crippen LogP contribution in [0, 0.1) is 29.0 Å². The number of halogens is 1. The van der Waals surface area contributed by atoms with Gasteiger partial charge in [0, 0.05) is 0 Å². The maximum absolute atomic E-state index is 12.9. The predicted molar refractivity (Wildman–Crippen MR) is 69.5 cm³/mol. The molecule has 3 unspecified atom stereocenters. The molecule has 1 aliphatic carbocycles. The second-order valence-corrected chi connectivity index (χ2v) is 7.36. The van der Waals surface area contributed by atoms with Gasteiger partial charge in [0.15, 0.2) is 9.84 Å². The monoisotopic (exact) mass is 281 g/mol. The molecule has 0 radical (unpaired) electrons. The zero-order valence-corrected chi connectivity index (χ0v) is 11.5. The van der Waals surface area contributed by atoms with Crippen molar-refractivity contribution < 1.29 is 12.8 Å². The molecule has 19 heavy (non-hydrogen) atoms. The molecule has 0 amide bonds. The predicted octanol–water partition coefficient (Wildman–Crippen LogP) is 2.93. The molecule has 1 fully saturated rings. The van der Waals surface area contributed by atoms with Crippen molar-refractivity contribution in [1.82, 2.24) is 0 Å². The smallest absolute Gasteiger partial charge is 0.182 e. The first-order chi connectivity index (χ1) is 8.95. The maximum atomic E-state index is 12.9. The van der Waals surface area contributed by atoms with Crippen LogP contribution >= 0.6 is 0 Å². The molecule has 5 heteroatoms. The maximum Gasteiger partial charge on any atom is 0.182 e. The summed E-state index contributed by atoms with van der Waals surface area (Å²) in [5.74, 6) is -0.635. The summed E-state index contributed by atoms with van der Waals surface area (Å²) in [6.07, 6.45) is 1.99. The summed E-state index contributed by atoms with van der Waals surface area (Å²) in [6.45, 7) is 2.00. The first kappa shape index (κ1) is 14.0. The fourth-order valence-electron chi connectivity index (χ4n) is 2.62. The van der Waals surface area contributed by atoms with Crippen molar-refractivity contribution in [1.29, 1.82) is 5.26 Å². The Labute approximate surface area is 113 Å². The first-order valence-electron chi connectivity index (χ1n) is 6.34. The van der Waals surface area contributed by atoms with Gasteiger partial charge < -0.3 is 0 Å². The summed E-state index contributed by atoms with van der Waals surface area (Å²) in [6, 6.07) is 6.94. The zero-order chi connectivity index (χ0) is 14.0. The fraction of sp³-hybridized carbons (Fsp3) is 0.500. The highest BCUT2D eigenvalue weighted by atomic mass is 32.2. The molecule has 0 heterocycles. The summed E-state index contributed by atoms with van der Waals surface area (Å²) < 4.78 is 38.0. The molecular formula is C14H16FNO2S. The van der Waals surface area contributed by atoms with Crippen molar-refractivity contribution >= 4 is 9.84 Å². The van der Waals surface area contributed by atoms with E-state index in [0.717, 1.165) is 18.6 Å². The van der Waals surface area contributed by atoms with Crippen LogP contribution in [0.15, 0.2) is 29.2 Å². The average molecular weight is 281 g/mol. The lowest BCUT2D eigenvalue weighted by Gasteiger charge is -2.30. The number of hydrogen-bond acceptors (Lipinski definition) is 3. The number of benzene rings is 1. The molecule has 3 nitrogen and oxygen atoms in total. The Bertz CT molecular complexity index is 589. The normalized spacial score (nSPS) is 27.7. The Morgan fingerprint density at radius 1 is 1.26 bits per heavy atom. The molecule has 3 atom stereocenters. The zero-order valence-electron chi connectivity index (χ0n) is 10.7. The fourth-order valence-corrected chi connectivity index (χ4v) is 4.69. The Balaban J connectivity index is 2.37. The van der Waals surface area contributed by atoms with Crippen molar-refractivity contribution in [2.75, 3.05) is 0 Å². The molecule has 2 rings (SSSR count). The van der Waals surface area contributed by atoms with Gasteiger partial charge >= 0.3 is 0 Å². The second-order valence-electron chi connectivity index (χ2n) is 5.19. The van der Waals surface area contributed by atoms with Crippen molar-refractivity contribution in [2.24, 2.45) is 11.8 Å². The lowest BCUT2D eigenvalue weighted by molar-refractivity contribution is 0.334. The van der Waals surface area contributed by atoms with E-state index < -0.39 is 26.8 Å². The molecule has 0 aliphatic heterocycles. The summed E-state index contributed by atoms with van der Waals surface area (Å²) in [5, 5.41) is 8.45. The highest BCUT2D eigenvalue weighted by Crippen LogP contribution is 2.35. The number of rotatable bonds is 2. The number of hydrogen-bond donors (Lipinski definition) is 0. The molecule has 0 spiro atoms. The third-order valence-electron chi connectivity index (χ3n) is 3.76. The van der Waals surface area contributed by atoms with Crippen LogP contribution in [0.25, 0.3) is 0 Å². The molecule has 102 valence electrons. The van der Waals surface area contributed by atoms with E-state index in [1.54, 1.807) is 0 Å². The summed E-state index contributed by atoms with van der Waals surface area (Å²) in [4.78, 5) is 0.105. The van der Waals surface area contributed by atoms with Gasteiger partial charge in [-0.25, -0.2) is 12.8 Å². The van der Waals surface area contributed by atoms with Crippen LogP contribution in [0.4, 0.5) is 4.39 Å². The molecular weight excluding hydrogens is 265 g/mol. The minimum Gasteiger partial charge on any atom is -0.223 e. The van der Waals surface area contributed by atoms with Crippen LogP contribution in [-0.4, -0.2) is 13.7 Å². The molecule has 1 aliphatic rings. The molecule has 1 saturated carbocycles. The molecule has 0 aromatic heterocycles. The Morgan fingerprint density at radius 3 is 2.47 bits per heavy atom. The summed E-state index contributed by atoms with van der Waals surface area (Å²) in [5.41, 5.74) is 0. The highest BCUT2D eigenvalue weighted by Gasteiger charge is 2.38. The second kappa shape index (κ2) is 5.30. The summed E-state index contributed by atoms with van der Waals surface area (Å²) in [7, 11) is -3.56. The third kappa shape index (κ3) is 2.79. The minimum absolute atomic E-state index is 0.105. The van der Waals surface area contributed by atoms with E-state index in [9.17, 15) is 12.8 Å². The minimum atomic E-state index is -3.56. The molecule has 1 aromatic rings. The largest absolute Gasteiger partial charge is 0.223 e. The first-order valence-corrected chi connectivity index (χ1v) is 7.89. The Morgan fingerprint density at radius 2 is 1.89 bits per heavy atom. The quantitative estimate of drug-likeness (QED) is 0.783. The average Bonchev–Trinajstić information content (AvgIpc) is 2.39. The summed E-state index contributed by atoms with van der Waals surface area (Å²) >= 11 is 0. The molecule has 0 saturated heterocycles. The van der Waals surface area contributed by atoms with Crippen LogP contribution in [0.2, 0.25) is 0 Å². The SMILES string of the molecule is CC1CCC(C#N)C(S(=O)(=O)c2ccc(F)cc2)C1. The van der Waals surface area contributed by atoms with Gasteiger partial charge in [-0.15, -0.1) is 0 Å². The lowest BCUT2D eigenvalue weighted by Crippen LogP contribution is -2.35. The lowest BCUT2D eigenvalue weighted by atomic mass is 9.83. The van der Waals surface area contributed by atoms with Gasteiger partial charge in [0.05, 0.1) is 22.1 Å². The Hall–Kier alpha value is -1.41. The standard InChI is InChI=1S/C14H16FNO2S/c1-10-2-3-11(9-16)14(8-10)19(17,18)13-6-4-12(15)5-7-13/h4-7,10-11,14H,2-3,8H2,1H3. The van der Waals surface area contributed by atoms with Crippen molar-refractivity contribution in [2.45, 2.75) is 36.3 Å². The van der Waals surface area contributed by atoms with Crippen molar-refractivity contribution in [3.63, 3.8) is 0 Å². The molecule has 0 bridgehead atoms. The molecule has 1 aromatic carbocycles. The van der Waals surface area contributed by atoms with E-state index in [-0.39, 0.29) is 4.90 Å². The number of sulfone groups is 1. The van der Waals surface area contributed by atoms with Crippen LogP contribution < -0.4 is 0 Å². The van der Waals surface area contributed by atoms with Gasteiger partial charge in [0.2, 0.25) is 0 Å². The van der Waals surface area contributed by atoms with E-state index in [1.165, 1.54) is 12.1 Å². The van der Waals surface area contributed by atoms with E-state index >= 15 is 0 Å². The van der Waals surface area contributed by atoms with Gasteiger partial charge in [-0.1, -0.05) is 6.92 Å². The topological polar surface area (TPSA) is 57.9 Å². The van der Waals surface area contributed by atoms with Crippen LogP contribution in [0.1, 0.15) is 26.2 Å².